The number of halogens is 1. The molecule has 0 spiro atoms. The Morgan fingerprint density at radius 1 is 1.05 bits per heavy atom. The van der Waals surface area contributed by atoms with Gasteiger partial charge in [0.15, 0.2) is 5.11 Å². The van der Waals surface area contributed by atoms with Gasteiger partial charge in [0.1, 0.15) is 10.6 Å². The molecule has 7 nitrogen and oxygen atoms in total. The van der Waals surface area contributed by atoms with E-state index in [4.69, 9.17) is 12.2 Å². The van der Waals surface area contributed by atoms with Crippen LogP contribution in [0.5, 0.6) is 0 Å². The fraction of sp³-hybridized carbons (Fsp3) is 0.188. The van der Waals surface area contributed by atoms with E-state index in [1.165, 1.54) is 9.78 Å². The van der Waals surface area contributed by atoms with Crippen molar-refractivity contribution in [2.75, 3.05) is 10.2 Å². The van der Waals surface area contributed by atoms with Crippen LogP contribution in [0.15, 0.2) is 70.7 Å². The molecule has 0 saturated carbocycles. The third-order valence-corrected chi connectivity index (χ3v) is 9.66. The van der Waals surface area contributed by atoms with Gasteiger partial charge in [-0.15, -0.1) is 11.3 Å². The lowest BCUT2D eigenvalue weighted by molar-refractivity contribution is -0.122. The Bertz CT molecular complexity index is 1790. The first-order valence-corrected chi connectivity index (χ1v) is 15.6. The van der Waals surface area contributed by atoms with Crippen molar-refractivity contribution in [3.05, 3.63) is 104 Å². The standard InChI is InChI=1S/C32H27BrN4O3S2/c1-18-16-20(17-25-28(38)35-32(41)37(30(25)40)23-14-12-21(33)13-15-23)19(2)36(18)31-27(24-10-6-7-11-26(24)42-31)29(39)34-22-8-4-3-5-9-22/h3-5,8-9,12-17H,6-7,10-11H2,1-2H3,(H,34,39)(H,35,38,41)/b25-17+. The van der Waals surface area contributed by atoms with E-state index in [2.05, 4.69) is 31.1 Å². The van der Waals surface area contributed by atoms with E-state index < -0.39 is 11.8 Å². The summed E-state index contributed by atoms with van der Waals surface area (Å²) >= 11 is 10.4. The highest BCUT2D eigenvalue weighted by Crippen LogP contribution is 2.39. The van der Waals surface area contributed by atoms with Gasteiger partial charge in [-0.3, -0.25) is 24.6 Å². The number of carbonyl (C=O) groups is 3. The smallest absolute Gasteiger partial charge is 0.270 e. The molecule has 1 saturated heterocycles. The maximum absolute atomic E-state index is 13.7. The molecule has 1 fully saturated rings. The zero-order chi connectivity index (χ0) is 29.5. The lowest BCUT2D eigenvalue weighted by Crippen LogP contribution is -2.54. The number of thiocarbonyl (C=S) groups is 1. The molecule has 3 amide bonds. The Morgan fingerprint density at radius 2 is 1.76 bits per heavy atom. The van der Waals surface area contributed by atoms with Crippen molar-refractivity contribution >= 4 is 79.8 Å². The first-order valence-electron chi connectivity index (χ1n) is 13.6. The van der Waals surface area contributed by atoms with E-state index >= 15 is 0 Å². The summed E-state index contributed by atoms with van der Waals surface area (Å²) in [6.45, 7) is 3.91. The minimum atomic E-state index is -0.544. The summed E-state index contributed by atoms with van der Waals surface area (Å²) in [4.78, 5) is 42.9. The van der Waals surface area contributed by atoms with Crippen LogP contribution in [0.4, 0.5) is 11.4 Å². The number of benzene rings is 2. The average molecular weight is 660 g/mol. The highest BCUT2D eigenvalue weighted by molar-refractivity contribution is 9.10. The second-order valence-corrected chi connectivity index (χ2v) is 12.7. The number of carbonyl (C=O) groups excluding carboxylic acids is 3. The fourth-order valence-electron chi connectivity index (χ4n) is 5.54. The Kier molecular flexibility index (Phi) is 7.69. The van der Waals surface area contributed by atoms with Gasteiger partial charge in [0.25, 0.3) is 17.7 Å². The monoisotopic (exact) mass is 658 g/mol. The van der Waals surface area contributed by atoms with Crippen molar-refractivity contribution in [3.8, 4) is 5.00 Å². The van der Waals surface area contributed by atoms with E-state index in [9.17, 15) is 14.4 Å². The summed E-state index contributed by atoms with van der Waals surface area (Å²) in [6.07, 6.45) is 5.56. The maximum Gasteiger partial charge on any atom is 0.270 e. The predicted molar refractivity (Wildman–Crippen MR) is 175 cm³/mol. The van der Waals surface area contributed by atoms with Crippen molar-refractivity contribution in [2.45, 2.75) is 39.5 Å². The minimum Gasteiger partial charge on any atom is -0.322 e. The molecule has 2 aliphatic rings. The lowest BCUT2D eigenvalue weighted by atomic mass is 9.95. The number of aromatic nitrogens is 1. The van der Waals surface area contributed by atoms with Crippen LogP contribution in [0, 0.1) is 13.8 Å². The number of nitrogens with zero attached hydrogens (tertiary/aromatic N) is 2. The number of hydrogen-bond donors (Lipinski definition) is 2. The van der Waals surface area contributed by atoms with E-state index in [0.717, 1.165) is 63.4 Å². The summed E-state index contributed by atoms with van der Waals surface area (Å²) in [5.74, 6) is -1.17. The quantitative estimate of drug-likeness (QED) is 0.139. The molecular weight excluding hydrogens is 632 g/mol. The van der Waals surface area contributed by atoms with Crippen LogP contribution in [0.25, 0.3) is 11.1 Å². The molecule has 0 radical (unpaired) electrons. The molecule has 0 bridgehead atoms. The van der Waals surface area contributed by atoms with Gasteiger partial charge >= 0.3 is 0 Å². The van der Waals surface area contributed by atoms with Crippen LogP contribution in [-0.4, -0.2) is 27.4 Å². The molecule has 0 atom stereocenters. The van der Waals surface area contributed by atoms with Crippen LogP contribution < -0.4 is 15.5 Å². The number of thiophene rings is 1. The summed E-state index contributed by atoms with van der Waals surface area (Å²) < 4.78 is 2.93. The number of fused-ring (bicyclic) bond motifs is 1. The van der Waals surface area contributed by atoms with Gasteiger partial charge < -0.3 is 9.88 Å². The van der Waals surface area contributed by atoms with Crippen molar-refractivity contribution in [3.63, 3.8) is 0 Å². The molecule has 2 aromatic carbocycles. The zero-order valence-corrected chi connectivity index (χ0v) is 26.2. The molecule has 3 heterocycles. The largest absolute Gasteiger partial charge is 0.322 e. The zero-order valence-electron chi connectivity index (χ0n) is 23.0. The molecule has 0 unspecified atom stereocenters. The SMILES string of the molecule is Cc1cc(/C=C2\C(=O)NC(=S)N(c3ccc(Br)cc3)C2=O)c(C)n1-c1sc2c(c1C(=O)Nc1ccccc1)CCCC2. The van der Waals surface area contributed by atoms with Gasteiger partial charge in [-0.05, 0) is 111 Å². The average Bonchev–Trinajstić information content (AvgIpc) is 3.48. The third-order valence-electron chi connectivity index (χ3n) is 7.57. The van der Waals surface area contributed by atoms with Crippen LogP contribution in [0.1, 0.15) is 50.6 Å². The topological polar surface area (TPSA) is 83.4 Å². The Morgan fingerprint density at radius 3 is 2.50 bits per heavy atom. The number of para-hydroxylation sites is 1. The number of amides is 3. The first-order chi connectivity index (χ1) is 20.2. The molecule has 2 N–H and O–H groups in total. The molecule has 1 aliphatic carbocycles. The van der Waals surface area contributed by atoms with Crippen LogP contribution in [0.3, 0.4) is 0 Å². The summed E-state index contributed by atoms with van der Waals surface area (Å²) in [7, 11) is 0. The first kappa shape index (κ1) is 28.3. The summed E-state index contributed by atoms with van der Waals surface area (Å²) in [6, 6.07) is 18.5. The molecule has 2 aromatic heterocycles. The number of nitrogens with one attached hydrogen (secondary N) is 2. The van der Waals surface area contributed by atoms with Gasteiger partial charge in [0.2, 0.25) is 0 Å². The molecular formula is C32H27BrN4O3S2. The highest BCUT2D eigenvalue weighted by atomic mass is 79.9. The molecule has 4 aromatic rings. The van der Waals surface area contributed by atoms with Gasteiger partial charge in [-0.25, -0.2) is 0 Å². The van der Waals surface area contributed by atoms with Crippen molar-refractivity contribution in [1.82, 2.24) is 9.88 Å². The van der Waals surface area contributed by atoms with E-state index in [-0.39, 0.29) is 16.6 Å². The molecule has 42 heavy (non-hydrogen) atoms. The van der Waals surface area contributed by atoms with E-state index in [0.29, 0.717) is 11.3 Å². The Hall–Kier alpha value is -3.86. The molecule has 1 aliphatic heterocycles. The fourth-order valence-corrected chi connectivity index (χ4v) is 7.58. The third kappa shape index (κ3) is 5.14. The van der Waals surface area contributed by atoms with Crippen LogP contribution in [-0.2, 0) is 22.4 Å². The van der Waals surface area contributed by atoms with Crippen molar-refractivity contribution in [2.24, 2.45) is 0 Å². The maximum atomic E-state index is 13.7. The normalized spacial score (nSPS) is 16.0. The lowest BCUT2D eigenvalue weighted by Gasteiger charge is -2.29. The van der Waals surface area contributed by atoms with Gasteiger partial charge in [-0.2, -0.15) is 0 Å². The predicted octanol–water partition coefficient (Wildman–Crippen LogP) is 6.88. The van der Waals surface area contributed by atoms with Crippen molar-refractivity contribution < 1.29 is 14.4 Å². The van der Waals surface area contributed by atoms with Crippen molar-refractivity contribution in [1.29, 1.82) is 0 Å². The second-order valence-electron chi connectivity index (χ2n) is 10.3. The van der Waals surface area contributed by atoms with Crippen LogP contribution in [0.2, 0.25) is 0 Å². The van der Waals surface area contributed by atoms with Gasteiger partial charge in [0.05, 0.1) is 11.3 Å². The number of anilines is 2. The minimum absolute atomic E-state index is 0.0145. The summed E-state index contributed by atoms with van der Waals surface area (Å²) in [5, 5.41) is 6.62. The molecule has 10 heteroatoms. The number of hydrogen-bond acceptors (Lipinski definition) is 5. The highest BCUT2D eigenvalue weighted by Gasteiger charge is 2.35. The van der Waals surface area contributed by atoms with Crippen LogP contribution >= 0.6 is 39.5 Å². The van der Waals surface area contributed by atoms with E-state index in [1.807, 2.05) is 62.4 Å². The van der Waals surface area contributed by atoms with Gasteiger partial charge in [0, 0.05) is 26.4 Å². The Labute approximate surface area is 261 Å². The summed E-state index contributed by atoms with van der Waals surface area (Å²) in [5.41, 5.74) is 5.54. The molecule has 6 rings (SSSR count). The molecule has 212 valence electrons. The number of rotatable bonds is 5. The van der Waals surface area contributed by atoms with Gasteiger partial charge in [-0.1, -0.05) is 34.1 Å². The van der Waals surface area contributed by atoms with E-state index in [1.54, 1.807) is 29.5 Å². The number of aryl methyl sites for hydroxylation is 2. The Balaban J connectivity index is 1.41. The second kappa shape index (κ2) is 11.4.